The number of hydrogen-bond donors (Lipinski definition) is 2. The largest absolute Gasteiger partial charge is 0.461 e. The number of esters is 1. The number of hydrogen-bond acceptors (Lipinski definition) is 7. The minimum atomic E-state index is -4.76. The monoisotopic (exact) mass is 565 g/mol. The lowest BCUT2D eigenvalue weighted by atomic mass is 9.86. The van der Waals surface area contributed by atoms with E-state index in [2.05, 4.69) is 21.4 Å². The van der Waals surface area contributed by atoms with Crippen LogP contribution in [0.5, 0.6) is 0 Å². The summed E-state index contributed by atoms with van der Waals surface area (Å²) < 4.78 is 74.6. The van der Waals surface area contributed by atoms with Crippen LogP contribution >= 0.6 is 0 Å². The molecule has 1 fully saturated rings. The minimum Gasteiger partial charge on any atom is -0.461 e. The van der Waals surface area contributed by atoms with Crippen molar-refractivity contribution >= 4 is 17.6 Å². The van der Waals surface area contributed by atoms with Crippen LogP contribution in [0.15, 0.2) is 24.5 Å². The molecule has 212 valence electrons. The summed E-state index contributed by atoms with van der Waals surface area (Å²) in [5.74, 6) is -4.37. The first-order valence-corrected chi connectivity index (χ1v) is 12.1. The molecule has 0 saturated carbocycles. The molecule has 2 N–H and O–H groups in total. The molecule has 0 aliphatic carbocycles. The second-order valence-corrected chi connectivity index (χ2v) is 9.40. The first-order valence-electron chi connectivity index (χ1n) is 12.1. The molecule has 0 bridgehead atoms. The number of carbonyl (C=O) groups excluding carboxylic acids is 2. The van der Waals surface area contributed by atoms with Gasteiger partial charge >= 0.3 is 12.1 Å². The van der Waals surface area contributed by atoms with Crippen LogP contribution in [-0.4, -0.2) is 63.8 Å². The Morgan fingerprint density at radius 1 is 1.25 bits per heavy atom. The molecule has 3 aromatic rings. The summed E-state index contributed by atoms with van der Waals surface area (Å²) in [5, 5.41) is 22.3. The van der Waals surface area contributed by atoms with Crippen molar-refractivity contribution < 1.29 is 36.3 Å². The van der Waals surface area contributed by atoms with E-state index in [0.717, 1.165) is 0 Å². The number of benzene rings is 1. The maximum atomic E-state index is 15.0. The molecule has 3 heterocycles. The van der Waals surface area contributed by atoms with Crippen molar-refractivity contribution in [1.29, 1.82) is 5.26 Å². The van der Waals surface area contributed by atoms with Crippen molar-refractivity contribution in [2.24, 2.45) is 0 Å². The van der Waals surface area contributed by atoms with Crippen molar-refractivity contribution in [2.75, 3.05) is 24.6 Å². The lowest BCUT2D eigenvalue weighted by Crippen LogP contribution is -2.63. The fourth-order valence-corrected chi connectivity index (χ4v) is 4.41. The zero-order chi connectivity index (χ0) is 29.4. The lowest BCUT2D eigenvalue weighted by Gasteiger charge is -2.50. The number of nitrogens with zero attached hydrogens (tertiary/aromatic N) is 5. The Morgan fingerprint density at radius 3 is 2.52 bits per heavy atom. The van der Waals surface area contributed by atoms with Crippen LogP contribution in [0.2, 0.25) is 0 Å². The molecule has 40 heavy (non-hydrogen) atoms. The molecule has 0 spiro atoms. The maximum absolute atomic E-state index is 15.0. The van der Waals surface area contributed by atoms with Gasteiger partial charge in [-0.05, 0) is 26.8 Å². The number of nitrogens with one attached hydrogen (secondary N) is 2. The standard InChI is InChI=1S/C25H24F5N7O3/c1-4-40-23(39)21-17(16-9-32-34-13(16)2)10-37(35-21)24(5-6-31)11-36(12-24)20-8-18(26)15(7-19(20)27)22(38)33-14(3)25(28,29)30/h7-10,14H,4-5,11-12H2,1-3H3,(H,32,34)(H,33,38). The van der Waals surface area contributed by atoms with Gasteiger partial charge in [-0.3, -0.25) is 14.6 Å². The minimum absolute atomic E-state index is 0.0113. The summed E-state index contributed by atoms with van der Waals surface area (Å²) in [6.45, 7) is 4.11. The van der Waals surface area contributed by atoms with Crippen molar-refractivity contribution in [3.05, 3.63) is 53.1 Å². The van der Waals surface area contributed by atoms with Crippen LogP contribution in [0, 0.1) is 29.9 Å². The molecule has 4 rings (SSSR count). The molecule has 1 unspecified atom stereocenters. The lowest BCUT2D eigenvalue weighted by molar-refractivity contribution is -0.149. The number of carbonyl (C=O) groups is 2. The number of amides is 1. The van der Waals surface area contributed by atoms with Gasteiger partial charge in [0.25, 0.3) is 5.91 Å². The van der Waals surface area contributed by atoms with E-state index in [-0.39, 0.29) is 37.5 Å². The third kappa shape index (κ3) is 5.21. The Balaban J connectivity index is 1.63. The van der Waals surface area contributed by atoms with Crippen LogP contribution < -0.4 is 10.2 Å². The highest BCUT2D eigenvalue weighted by Crippen LogP contribution is 2.39. The molecule has 1 amide bonds. The van der Waals surface area contributed by atoms with Crippen LogP contribution in [0.25, 0.3) is 11.1 Å². The summed E-state index contributed by atoms with van der Waals surface area (Å²) >= 11 is 0. The summed E-state index contributed by atoms with van der Waals surface area (Å²) in [6.07, 6.45) is -1.79. The molecule has 2 aromatic heterocycles. The fraction of sp³-hybridized carbons (Fsp3) is 0.400. The normalized spacial score (nSPS) is 15.2. The Kier molecular flexibility index (Phi) is 7.55. The number of ether oxygens (including phenoxy) is 1. The van der Waals surface area contributed by atoms with Gasteiger partial charge in [-0.2, -0.15) is 28.6 Å². The first kappa shape index (κ1) is 28.5. The predicted molar refractivity (Wildman–Crippen MR) is 130 cm³/mol. The Hall–Kier alpha value is -4.48. The summed E-state index contributed by atoms with van der Waals surface area (Å²) in [6, 6.07) is 1.03. The van der Waals surface area contributed by atoms with Crippen LogP contribution in [-0.2, 0) is 10.3 Å². The van der Waals surface area contributed by atoms with E-state index in [1.54, 1.807) is 25.4 Å². The Labute approximate surface area is 224 Å². The number of aryl methyl sites for hydroxylation is 1. The summed E-state index contributed by atoms with van der Waals surface area (Å²) in [5.41, 5.74) is -0.542. The predicted octanol–water partition coefficient (Wildman–Crippen LogP) is 3.85. The molecular formula is C25H24F5N7O3. The number of anilines is 1. The number of nitriles is 1. The molecule has 1 aliphatic rings. The smallest absolute Gasteiger partial charge is 0.408 e. The summed E-state index contributed by atoms with van der Waals surface area (Å²) in [4.78, 5) is 26.2. The third-order valence-corrected chi connectivity index (χ3v) is 6.63. The van der Waals surface area contributed by atoms with Gasteiger partial charge in [0.2, 0.25) is 0 Å². The van der Waals surface area contributed by atoms with E-state index in [9.17, 15) is 36.8 Å². The number of rotatable bonds is 8. The first-order chi connectivity index (χ1) is 18.8. The zero-order valence-corrected chi connectivity index (χ0v) is 21.6. The van der Waals surface area contributed by atoms with Crippen LogP contribution in [0.4, 0.5) is 27.6 Å². The van der Waals surface area contributed by atoms with E-state index >= 15 is 0 Å². The number of halogens is 5. The van der Waals surface area contributed by atoms with Gasteiger partial charge in [0.15, 0.2) is 5.69 Å². The molecule has 1 atom stereocenters. The maximum Gasteiger partial charge on any atom is 0.408 e. The Bertz CT molecular complexity index is 1480. The SMILES string of the molecule is CCOC(=O)c1nn(C2(CC#N)CN(c3cc(F)c(C(=O)NC(C)C(F)(F)F)cc3F)C2)cc1-c1cn[nH]c1C. The number of aromatic nitrogens is 4. The molecule has 1 aromatic carbocycles. The zero-order valence-electron chi connectivity index (χ0n) is 21.6. The average Bonchev–Trinajstić information content (AvgIpc) is 3.48. The van der Waals surface area contributed by atoms with E-state index in [0.29, 0.717) is 35.9 Å². The second kappa shape index (κ2) is 10.6. The topological polar surface area (TPSA) is 129 Å². The van der Waals surface area contributed by atoms with Gasteiger partial charge in [0.05, 0.1) is 36.5 Å². The molecule has 0 radical (unpaired) electrons. The van der Waals surface area contributed by atoms with Gasteiger partial charge < -0.3 is 15.0 Å². The molecule has 15 heteroatoms. The summed E-state index contributed by atoms with van der Waals surface area (Å²) in [7, 11) is 0. The van der Waals surface area contributed by atoms with E-state index < -0.39 is 46.8 Å². The second-order valence-electron chi connectivity index (χ2n) is 9.40. The average molecular weight is 566 g/mol. The van der Waals surface area contributed by atoms with Crippen molar-refractivity contribution in [2.45, 2.75) is 44.9 Å². The van der Waals surface area contributed by atoms with Gasteiger partial charge in [0.1, 0.15) is 23.2 Å². The molecule has 1 saturated heterocycles. The fourth-order valence-electron chi connectivity index (χ4n) is 4.41. The number of H-pyrrole nitrogens is 1. The van der Waals surface area contributed by atoms with E-state index in [1.165, 1.54) is 15.8 Å². The van der Waals surface area contributed by atoms with Crippen molar-refractivity contribution in [1.82, 2.24) is 25.3 Å². The Morgan fingerprint density at radius 2 is 1.95 bits per heavy atom. The highest BCUT2D eigenvalue weighted by atomic mass is 19.4. The van der Waals surface area contributed by atoms with Gasteiger partial charge in [-0.15, -0.1) is 0 Å². The van der Waals surface area contributed by atoms with Gasteiger partial charge in [0, 0.05) is 42.2 Å². The highest BCUT2D eigenvalue weighted by molar-refractivity contribution is 5.96. The molecular weight excluding hydrogens is 541 g/mol. The van der Waals surface area contributed by atoms with E-state index in [1.807, 2.05) is 0 Å². The van der Waals surface area contributed by atoms with Crippen molar-refractivity contribution in [3.63, 3.8) is 0 Å². The quantitative estimate of drug-likeness (QED) is 0.314. The van der Waals surface area contributed by atoms with Crippen LogP contribution in [0.3, 0.4) is 0 Å². The van der Waals surface area contributed by atoms with Gasteiger partial charge in [-0.1, -0.05) is 0 Å². The molecule has 10 nitrogen and oxygen atoms in total. The van der Waals surface area contributed by atoms with E-state index in [4.69, 9.17) is 4.74 Å². The van der Waals surface area contributed by atoms with Crippen molar-refractivity contribution in [3.8, 4) is 17.2 Å². The highest BCUT2D eigenvalue weighted by Gasteiger charge is 2.47. The molecule has 1 aliphatic heterocycles. The third-order valence-electron chi connectivity index (χ3n) is 6.63. The number of aromatic amines is 1. The van der Waals surface area contributed by atoms with Crippen LogP contribution in [0.1, 0.15) is 46.8 Å². The number of alkyl halides is 3. The van der Waals surface area contributed by atoms with Gasteiger partial charge in [-0.25, -0.2) is 13.6 Å².